The predicted molar refractivity (Wildman–Crippen MR) is 42.5 cm³/mol. The van der Waals surface area contributed by atoms with Crippen molar-refractivity contribution in [3.63, 3.8) is 0 Å². The molecule has 0 radical (unpaired) electrons. The molecule has 0 fully saturated rings. The van der Waals surface area contributed by atoms with Crippen LogP contribution in [0.2, 0.25) is 0 Å². The predicted octanol–water partition coefficient (Wildman–Crippen LogP) is 3.73. The Kier molecular flexibility index (Phi) is 2.41. The smallest absolute Gasteiger partial charge is 0.449 e. The molecule has 1 aromatic rings. The minimum absolute atomic E-state index is 0.0187. The number of alkyl halides is 3. The van der Waals surface area contributed by atoms with Gasteiger partial charge >= 0.3 is 6.18 Å². The van der Waals surface area contributed by atoms with Crippen LogP contribution in [-0.4, -0.2) is 0 Å². The molecule has 1 heterocycles. The Labute approximate surface area is 74.5 Å². The molecule has 13 heavy (non-hydrogen) atoms. The first-order valence-electron chi connectivity index (χ1n) is 4.00. The van der Waals surface area contributed by atoms with Crippen molar-refractivity contribution in [3.05, 3.63) is 23.2 Å². The summed E-state index contributed by atoms with van der Waals surface area (Å²) < 4.78 is 41.4. The third kappa shape index (κ3) is 2.05. The van der Waals surface area contributed by atoms with Gasteiger partial charge in [0, 0.05) is 11.5 Å². The third-order valence-electron chi connectivity index (χ3n) is 1.76. The summed E-state index contributed by atoms with van der Waals surface area (Å²) in [5, 5.41) is 0. The van der Waals surface area contributed by atoms with Crippen LogP contribution in [0.3, 0.4) is 0 Å². The van der Waals surface area contributed by atoms with E-state index in [4.69, 9.17) is 4.42 Å². The highest BCUT2D eigenvalue weighted by molar-refractivity contribution is 5.23. The minimum Gasteiger partial charge on any atom is -0.456 e. The molecule has 74 valence electrons. The van der Waals surface area contributed by atoms with Crippen LogP contribution in [0.4, 0.5) is 13.2 Å². The average Bonchev–Trinajstić information content (AvgIpc) is 2.29. The lowest BCUT2D eigenvalue weighted by atomic mass is 10.1. The van der Waals surface area contributed by atoms with Crippen molar-refractivity contribution >= 4 is 0 Å². The molecule has 0 atom stereocenters. The van der Waals surface area contributed by atoms with Crippen LogP contribution in [0, 0.1) is 6.92 Å². The maximum absolute atomic E-state index is 12.2. The van der Waals surface area contributed by atoms with Gasteiger partial charge in [0.05, 0.1) is 0 Å². The molecule has 0 bridgehead atoms. The highest BCUT2D eigenvalue weighted by Gasteiger charge is 2.37. The third-order valence-corrected chi connectivity index (χ3v) is 1.76. The molecular weight excluding hydrogens is 181 g/mol. The van der Waals surface area contributed by atoms with Crippen molar-refractivity contribution in [1.29, 1.82) is 0 Å². The first-order chi connectivity index (χ1) is 5.82. The van der Waals surface area contributed by atoms with E-state index in [0.717, 1.165) is 0 Å². The van der Waals surface area contributed by atoms with Crippen molar-refractivity contribution in [1.82, 2.24) is 0 Å². The van der Waals surface area contributed by atoms with Crippen molar-refractivity contribution < 1.29 is 17.6 Å². The normalized spacial score (nSPS) is 12.5. The molecule has 0 saturated carbocycles. The Morgan fingerprint density at radius 2 is 1.85 bits per heavy atom. The number of aryl methyl sites for hydroxylation is 1. The Morgan fingerprint density at radius 3 is 2.08 bits per heavy atom. The second-order valence-corrected chi connectivity index (χ2v) is 3.31. The van der Waals surface area contributed by atoms with E-state index in [2.05, 4.69) is 0 Å². The largest absolute Gasteiger partial charge is 0.456 e. The topological polar surface area (TPSA) is 13.1 Å². The van der Waals surface area contributed by atoms with Crippen molar-refractivity contribution in [2.75, 3.05) is 0 Å². The van der Waals surface area contributed by atoms with E-state index in [-0.39, 0.29) is 11.5 Å². The van der Waals surface area contributed by atoms with Gasteiger partial charge in [-0.05, 0) is 13.0 Å². The van der Waals surface area contributed by atoms with Gasteiger partial charge in [-0.15, -0.1) is 0 Å². The fourth-order valence-electron chi connectivity index (χ4n) is 1.07. The molecule has 0 aromatic carbocycles. The molecule has 0 aliphatic carbocycles. The summed E-state index contributed by atoms with van der Waals surface area (Å²) in [5.41, 5.74) is 0.149. The van der Waals surface area contributed by atoms with E-state index in [9.17, 15) is 13.2 Å². The van der Waals surface area contributed by atoms with Gasteiger partial charge in [0.1, 0.15) is 5.76 Å². The average molecular weight is 192 g/mol. The molecule has 0 amide bonds. The van der Waals surface area contributed by atoms with E-state index < -0.39 is 11.9 Å². The van der Waals surface area contributed by atoms with E-state index in [1.807, 2.05) is 0 Å². The number of hydrogen-bond donors (Lipinski definition) is 0. The Balaban J connectivity index is 3.11. The molecule has 0 saturated heterocycles. The van der Waals surface area contributed by atoms with Crippen LogP contribution in [0.1, 0.15) is 36.8 Å². The van der Waals surface area contributed by atoms with Crippen molar-refractivity contribution in [3.8, 4) is 0 Å². The van der Waals surface area contributed by atoms with E-state index in [1.165, 1.54) is 13.0 Å². The van der Waals surface area contributed by atoms with Gasteiger partial charge in [0.2, 0.25) is 5.76 Å². The number of furan rings is 1. The van der Waals surface area contributed by atoms with E-state index in [0.29, 0.717) is 5.76 Å². The lowest BCUT2D eigenvalue weighted by molar-refractivity contribution is -0.154. The molecule has 1 nitrogen and oxygen atoms in total. The molecule has 1 rings (SSSR count). The van der Waals surface area contributed by atoms with Crippen LogP contribution in [0.15, 0.2) is 10.5 Å². The summed E-state index contributed by atoms with van der Waals surface area (Å²) in [7, 11) is 0. The summed E-state index contributed by atoms with van der Waals surface area (Å²) in [6, 6.07) is 1.44. The molecule has 4 heteroatoms. The summed E-state index contributed by atoms with van der Waals surface area (Å²) in [6.45, 7) is 4.98. The molecule has 0 aliphatic heterocycles. The second-order valence-electron chi connectivity index (χ2n) is 3.31. The van der Waals surface area contributed by atoms with Crippen LogP contribution in [-0.2, 0) is 6.18 Å². The number of halogens is 3. The van der Waals surface area contributed by atoms with Crippen LogP contribution < -0.4 is 0 Å². The van der Waals surface area contributed by atoms with Crippen molar-refractivity contribution in [2.45, 2.75) is 32.9 Å². The zero-order chi connectivity index (χ0) is 10.2. The molecular formula is C9H11F3O. The van der Waals surface area contributed by atoms with Crippen molar-refractivity contribution in [2.24, 2.45) is 0 Å². The standard InChI is InChI=1S/C9H11F3O/c1-5(2)7-4-6(3)8(13-7)9(10,11)12/h4-5H,1-3H3. The zero-order valence-electron chi connectivity index (χ0n) is 7.70. The minimum atomic E-state index is -4.38. The van der Waals surface area contributed by atoms with Gasteiger partial charge in [-0.25, -0.2) is 0 Å². The molecule has 0 N–H and O–H groups in total. The first kappa shape index (κ1) is 10.2. The Bertz CT molecular complexity index is 296. The van der Waals surface area contributed by atoms with E-state index >= 15 is 0 Å². The van der Waals surface area contributed by atoms with Gasteiger partial charge < -0.3 is 4.42 Å². The lowest BCUT2D eigenvalue weighted by Gasteiger charge is -2.03. The number of rotatable bonds is 1. The number of hydrogen-bond acceptors (Lipinski definition) is 1. The van der Waals surface area contributed by atoms with Crippen LogP contribution in [0.25, 0.3) is 0 Å². The van der Waals surface area contributed by atoms with Crippen LogP contribution in [0.5, 0.6) is 0 Å². The summed E-state index contributed by atoms with van der Waals surface area (Å²) >= 11 is 0. The highest BCUT2D eigenvalue weighted by Crippen LogP contribution is 2.35. The molecule has 0 aliphatic rings. The van der Waals surface area contributed by atoms with Gasteiger partial charge in [-0.3, -0.25) is 0 Å². The Hall–Kier alpha value is -0.930. The quantitative estimate of drug-likeness (QED) is 0.660. The van der Waals surface area contributed by atoms with Gasteiger partial charge in [0.15, 0.2) is 0 Å². The molecule has 0 spiro atoms. The fourth-order valence-corrected chi connectivity index (χ4v) is 1.07. The molecule has 1 aromatic heterocycles. The Morgan fingerprint density at radius 1 is 1.31 bits per heavy atom. The highest BCUT2D eigenvalue weighted by atomic mass is 19.4. The fraction of sp³-hybridized carbons (Fsp3) is 0.556. The first-order valence-corrected chi connectivity index (χ1v) is 4.00. The second kappa shape index (κ2) is 3.09. The van der Waals surface area contributed by atoms with Gasteiger partial charge in [-0.1, -0.05) is 13.8 Å². The SMILES string of the molecule is Cc1cc(C(C)C)oc1C(F)(F)F. The van der Waals surface area contributed by atoms with Gasteiger partial charge in [0.25, 0.3) is 0 Å². The maximum atomic E-state index is 12.2. The molecule has 0 unspecified atom stereocenters. The summed E-state index contributed by atoms with van der Waals surface area (Å²) in [5.74, 6) is -0.518. The maximum Gasteiger partial charge on any atom is 0.449 e. The summed E-state index contributed by atoms with van der Waals surface area (Å²) in [6.07, 6.45) is -4.38. The lowest BCUT2D eigenvalue weighted by Crippen LogP contribution is -2.04. The van der Waals surface area contributed by atoms with Gasteiger partial charge in [-0.2, -0.15) is 13.2 Å². The van der Waals surface area contributed by atoms with Crippen LogP contribution >= 0.6 is 0 Å². The van der Waals surface area contributed by atoms with E-state index in [1.54, 1.807) is 13.8 Å². The summed E-state index contributed by atoms with van der Waals surface area (Å²) in [4.78, 5) is 0. The zero-order valence-corrected chi connectivity index (χ0v) is 7.70. The monoisotopic (exact) mass is 192 g/mol.